The zero-order valence-electron chi connectivity index (χ0n) is 10.1. The zero-order valence-corrected chi connectivity index (χ0v) is 10.9. The van der Waals surface area contributed by atoms with E-state index in [2.05, 4.69) is 10.1 Å². The minimum absolute atomic E-state index is 0.472. The Morgan fingerprint density at radius 1 is 1.41 bits per heavy atom. The monoisotopic (exact) mass is 249 g/mol. The van der Waals surface area contributed by atoms with Crippen LogP contribution in [0, 0.1) is 6.92 Å². The Kier molecular flexibility index (Phi) is 3.49. The molecule has 17 heavy (non-hydrogen) atoms. The van der Waals surface area contributed by atoms with Gasteiger partial charge in [-0.3, -0.25) is 4.68 Å². The summed E-state index contributed by atoms with van der Waals surface area (Å²) in [7, 11) is 1.92. The molecule has 90 valence electrons. The second-order valence-corrected chi connectivity index (χ2v) is 5.00. The molecule has 0 aliphatic heterocycles. The topological polar surface area (TPSA) is 50.9 Å². The summed E-state index contributed by atoms with van der Waals surface area (Å²) in [6.07, 6.45) is 1.23. The maximum absolute atomic E-state index is 9.39. The predicted molar refractivity (Wildman–Crippen MR) is 66.9 cm³/mol. The Morgan fingerprint density at radius 3 is 2.65 bits per heavy atom. The summed E-state index contributed by atoms with van der Waals surface area (Å²) in [6.45, 7) is 3.70. The van der Waals surface area contributed by atoms with Crippen LogP contribution in [0.3, 0.4) is 0 Å². The first-order chi connectivity index (χ1) is 8.06. The molecule has 1 N–H and O–H groups in total. The minimum atomic E-state index is -0.472. The fourth-order valence-electron chi connectivity index (χ4n) is 1.49. The number of aliphatic hydroxyl groups is 1. The minimum Gasteiger partial charge on any atom is -0.389 e. The van der Waals surface area contributed by atoms with Gasteiger partial charge in [-0.1, -0.05) is 17.8 Å². The molecule has 0 aliphatic rings. The lowest BCUT2D eigenvalue weighted by atomic mass is 10.2. The molecule has 0 saturated heterocycles. The molecule has 0 saturated carbocycles. The third kappa shape index (κ3) is 2.87. The molecule has 2 heterocycles. The molecule has 0 aromatic carbocycles. The molecule has 0 aliphatic carbocycles. The third-order valence-corrected chi connectivity index (χ3v) is 3.45. The van der Waals surface area contributed by atoms with Crippen molar-refractivity contribution in [2.75, 3.05) is 0 Å². The van der Waals surface area contributed by atoms with Gasteiger partial charge in [0.2, 0.25) is 0 Å². The molecule has 2 aromatic heterocycles. The van der Waals surface area contributed by atoms with Gasteiger partial charge >= 0.3 is 0 Å². The Bertz CT molecular complexity index is 505. The molecule has 0 amide bonds. The van der Waals surface area contributed by atoms with E-state index in [0.717, 1.165) is 21.3 Å². The van der Waals surface area contributed by atoms with E-state index in [0.29, 0.717) is 0 Å². The van der Waals surface area contributed by atoms with Crippen molar-refractivity contribution in [1.82, 2.24) is 14.8 Å². The van der Waals surface area contributed by atoms with Crippen LogP contribution in [0.1, 0.15) is 24.3 Å². The smallest absolute Gasteiger partial charge is 0.102 e. The Balaban J connectivity index is 2.16. The van der Waals surface area contributed by atoms with Crippen molar-refractivity contribution in [2.45, 2.75) is 30.0 Å². The van der Waals surface area contributed by atoms with Gasteiger partial charge < -0.3 is 5.11 Å². The van der Waals surface area contributed by atoms with Crippen molar-refractivity contribution in [2.24, 2.45) is 7.05 Å². The first kappa shape index (κ1) is 12.1. The average molecular weight is 249 g/mol. The lowest BCUT2D eigenvalue weighted by Crippen LogP contribution is -1.94. The van der Waals surface area contributed by atoms with Crippen LogP contribution in [-0.4, -0.2) is 19.9 Å². The molecule has 0 radical (unpaired) electrons. The summed E-state index contributed by atoms with van der Waals surface area (Å²) >= 11 is 1.56. The summed E-state index contributed by atoms with van der Waals surface area (Å²) < 4.78 is 1.84. The van der Waals surface area contributed by atoms with E-state index in [4.69, 9.17) is 0 Å². The lowest BCUT2D eigenvalue weighted by Gasteiger charge is -2.05. The molecule has 0 fully saturated rings. The summed E-state index contributed by atoms with van der Waals surface area (Å²) in [4.78, 5) is 4.31. The largest absolute Gasteiger partial charge is 0.389 e. The van der Waals surface area contributed by atoms with E-state index in [9.17, 15) is 5.11 Å². The van der Waals surface area contributed by atoms with Gasteiger partial charge in [-0.15, -0.1) is 0 Å². The number of aromatic nitrogens is 3. The van der Waals surface area contributed by atoms with Crippen LogP contribution in [0.5, 0.6) is 0 Å². The predicted octanol–water partition coefficient (Wildman–Crippen LogP) is 2.33. The average Bonchev–Trinajstić information content (AvgIpc) is 2.58. The van der Waals surface area contributed by atoms with Gasteiger partial charge in [-0.2, -0.15) is 5.10 Å². The number of hydrogen-bond acceptors (Lipinski definition) is 4. The second kappa shape index (κ2) is 4.89. The van der Waals surface area contributed by atoms with Gasteiger partial charge in [-0.25, -0.2) is 4.98 Å². The SMILES string of the molecule is Cc1cc(Sc2ccc([C@H](C)O)cn2)n(C)n1. The first-order valence-electron chi connectivity index (χ1n) is 5.39. The van der Waals surface area contributed by atoms with Crippen LogP contribution in [-0.2, 0) is 7.05 Å². The highest BCUT2D eigenvalue weighted by atomic mass is 32.2. The fraction of sp³-hybridized carbons (Fsp3) is 0.333. The molecule has 0 spiro atoms. The maximum atomic E-state index is 9.39. The number of rotatable bonds is 3. The Hall–Kier alpha value is -1.33. The van der Waals surface area contributed by atoms with Crippen molar-refractivity contribution < 1.29 is 5.11 Å². The summed E-state index contributed by atoms with van der Waals surface area (Å²) in [6, 6.07) is 5.83. The van der Waals surface area contributed by atoms with Crippen molar-refractivity contribution in [1.29, 1.82) is 0 Å². The summed E-state index contributed by atoms with van der Waals surface area (Å²) in [5.41, 5.74) is 1.83. The number of hydrogen-bond donors (Lipinski definition) is 1. The highest BCUT2D eigenvalue weighted by Gasteiger charge is 2.06. The summed E-state index contributed by atoms with van der Waals surface area (Å²) in [5.74, 6) is 0. The Morgan fingerprint density at radius 2 is 2.18 bits per heavy atom. The van der Waals surface area contributed by atoms with Crippen molar-refractivity contribution in [3.05, 3.63) is 35.7 Å². The molecule has 0 unspecified atom stereocenters. The van der Waals surface area contributed by atoms with Crippen LogP contribution in [0.2, 0.25) is 0 Å². The van der Waals surface area contributed by atoms with E-state index >= 15 is 0 Å². The van der Waals surface area contributed by atoms with Gasteiger partial charge in [0.05, 0.1) is 11.8 Å². The molecular formula is C12H15N3OS. The number of aliphatic hydroxyl groups excluding tert-OH is 1. The van der Waals surface area contributed by atoms with Gasteiger partial charge in [0.25, 0.3) is 0 Å². The number of aryl methyl sites for hydroxylation is 2. The van der Waals surface area contributed by atoms with Crippen LogP contribution < -0.4 is 0 Å². The van der Waals surface area contributed by atoms with Gasteiger partial charge in [-0.05, 0) is 31.5 Å². The van der Waals surface area contributed by atoms with Crippen LogP contribution in [0.4, 0.5) is 0 Å². The van der Waals surface area contributed by atoms with Gasteiger partial charge in [0.1, 0.15) is 10.1 Å². The zero-order chi connectivity index (χ0) is 12.4. The molecule has 0 bridgehead atoms. The number of pyridine rings is 1. The van der Waals surface area contributed by atoms with E-state index in [1.54, 1.807) is 24.9 Å². The van der Waals surface area contributed by atoms with Crippen LogP contribution >= 0.6 is 11.8 Å². The first-order valence-corrected chi connectivity index (χ1v) is 6.20. The molecule has 2 aromatic rings. The quantitative estimate of drug-likeness (QED) is 0.907. The molecule has 2 rings (SSSR count). The molecule has 4 nitrogen and oxygen atoms in total. The van der Waals surface area contributed by atoms with E-state index < -0.39 is 6.10 Å². The van der Waals surface area contributed by atoms with Crippen molar-refractivity contribution in [3.8, 4) is 0 Å². The highest BCUT2D eigenvalue weighted by Crippen LogP contribution is 2.26. The third-order valence-electron chi connectivity index (χ3n) is 2.41. The number of nitrogens with zero attached hydrogens (tertiary/aromatic N) is 3. The second-order valence-electron chi connectivity index (χ2n) is 3.96. The molecule has 1 atom stereocenters. The Labute approximate surface area is 105 Å². The van der Waals surface area contributed by atoms with Gasteiger partial charge in [0.15, 0.2) is 0 Å². The molecular weight excluding hydrogens is 234 g/mol. The van der Waals surface area contributed by atoms with Crippen LogP contribution in [0.15, 0.2) is 34.4 Å². The van der Waals surface area contributed by atoms with Crippen molar-refractivity contribution >= 4 is 11.8 Å². The van der Waals surface area contributed by atoms with E-state index in [-0.39, 0.29) is 0 Å². The van der Waals surface area contributed by atoms with Crippen molar-refractivity contribution in [3.63, 3.8) is 0 Å². The molecule has 5 heteroatoms. The maximum Gasteiger partial charge on any atom is 0.102 e. The fourth-order valence-corrected chi connectivity index (χ4v) is 2.35. The van der Waals surface area contributed by atoms with E-state index in [1.165, 1.54) is 0 Å². The lowest BCUT2D eigenvalue weighted by molar-refractivity contribution is 0.198. The normalized spacial score (nSPS) is 12.7. The van der Waals surface area contributed by atoms with Crippen LogP contribution in [0.25, 0.3) is 0 Å². The summed E-state index contributed by atoms with van der Waals surface area (Å²) in [5, 5.41) is 15.6. The standard InChI is InChI=1S/C12H15N3OS/c1-8-6-12(15(3)14-8)17-11-5-4-10(7-13-11)9(2)16/h4-7,9,16H,1-3H3/t9-/m0/s1. The highest BCUT2D eigenvalue weighted by molar-refractivity contribution is 7.99. The van der Waals surface area contributed by atoms with E-state index in [1.807, 2.05) is 36.9 Å². The van der Waals surface area contributed by atoms with Gasteiger partial charge in [0, 0.05) is 13.2 Å².